The smallest absolute Gasteiger partial charge is 0.269 e. The molecule has 0 unspecified atom stereocenters. The fourth-order valence-corrected chi connectivity index (χ4v) is 2.86. The van der Waals surface area contributed by atoms with Crippen molar-refractivity contribution in [3.8, 4) is 5.75 Å². The molecule has 8 nitrogen and oxygen atoms in total. The van der Waals surface area contributed by atoms with Crippen molar-refractivity contribution < 1.29 is 22.9 Å². The van der Waals surface area contributed by atoms with E-state index in [1.54, 1.807) is 0 Å². The van der Waals surface area contributed by atoms with Gasteiger partial charge in [0.05, 0.1) is 16.9 Å². The lowest BCUT2D eigenvalue weighted by molar-refractivity contribution is -0.384. The van der Waals surface area contributed by atoms with Gasteiger partial charge in [0.25, 0.3) is 20.6 Å². The van der Waals surface area contributed by atoms with Crippen LogP contribution in [0.5, 0.6) is 5.75 Å². The summed E-state index contributed by atoms with van der Waals surface area (Å²) in [5.41, 5.74) is 0.517. The van der Waals surface area contributed by atoms with Crippen molar-refractivity contribution in [2.75, 3.05) is 7.11 Å². The monoisotopic (exact) mass is 384 g/mol. The van der Waals surface area contributed by atoms with Crippen molar-refractivity contribution in [1.82, 2.24) is 5.32 Å². The van der Waals surface area contributed by atoms with E-state index < -0.39 is 19.9 Å². The number of methoxy groups -OCH3 is 1. The number of benzene rings is 2. The maximum absolute atomic E-state index is 12.1. The average molecular weight is 385 g/mol. The van der Waals surface area contributed by atoms with Crippen LogP contribution in [-0.4, -0.2) is 26.4 Å². The van der Waals surface area contributed by atoms with Crippen LogP contribution in [0.2, 0.25) is 0 Å². The third kappa shape index (κ3) is 4.68. The zero-order valence-corrected chi connectivity index (χ0v) is 14.5. The third-order valence-electron chi connectivity index (χ3n) is 3.31. The van der Waals surface area contributed by atoms with E-state index in [-0.39, 0.29) is 22.7 Å². The number of carbonyl (C=O) groups excluding carboxylic acids is 1. The molecule has 0 spiro atoms. The second-order valence-electron chi connectivity index (χ2n) is 4.90. The molecule has 10 heteroatoms. The Labute approximate surface area is 147 Å². The lowest BCUT2D eigenvalue weighted by atomic mass is 10.1. The van der Waals surface area contributed by atoms with Crippen molar-refractivity contribution in [3.63, 3.8) is 0 Å². The summed E-state index contributed by atoms with van der Waals surface area (Å²) in [5.74, 6) is -0.0934. The number of rotatable bonds is 6. The average Bonchev–Trinajstić information content (AvgIpc) is 2.58. The molecule has 132 valence electrons. The van der Waals surface area contributed by atoms with Gasteiger partial charge in [-0.1, -0.05) is 0 Å². The van der Waals surface area contributed by atoms with Gasteiger partial charge in [-0.25, -0.2) is 8.42 Å². The number of nitro groups is 1. The van der Waals surface area contributed by atoms with Gasteiger partial charge < -0.3 is 10.1 Å². The molecule has 0 heterocycles. The van der Waals surface area contributed by atoms with Crippen molar-refractivity contribution in [2.45, 2.75) is 11.4 Å². The second kappa shape index (κ2) is 7.49. The van der Waals surface area contributed by atoms with E-state index in [1.165, 1.54) is 49.6 Å². The molecule has 0 aromatic heterocycles. The predicted octanol–water partition coefficient (Wildman–Crippen LogP) is 2.46. The molecule has 1 amide bonds. The Hall–Kier alpha value is -2.65. The van der Waals surface area contributed by atoms with Crippen LogP contribution in [0.3, 0.4) is 0 Å². The zero-order chi connectivity index (χ0) is 18.6. The molecule has 2 aromatic rings. The lowest BCUT2D eigenvalue weighted by Gasteiger charge is -2.11. The summed E-state index contributed by atoms with van der Waals surface area (Å²) in [6.45, 7) is -0.0146. The number of amides is 1. The van der Waals surface area contributed by atoms with Crippen LogP contribution in [0.4, 0.5) is 5.69 Å². The van der Waals surface area contributed by atoms with Crippen LogP contribution in [-0.2, 0) is 15.6 Å². The number of non-ortho nitro benzene ring substituents is 1. The highest BCUT2D eigenvalue weighted by Crippen LogP contribution is 2.24. The molecule has 0 radical (unpaired) electrons. The highest BCUT2D eigenvalue weighted by molar-refractivity contribution is 8.13. The molecule has 0 fully saturated rings. The molecule has 0 saturated carbocycles. The topological polar surface area (TPSA) is 116 Å². The van der Waals surface area contributed by atoms with Crippen molar-refractivity contribution in [3.05, 3.63) is 63.7 Å². The van der Waals surface area contributed by atoms with E-state index in [1.807, 2.05) is 0 Å². The van der Waals surface area contributed by atoms with Gasteiger partial charge in [-0.2, -0.15) is 0 Å². The Morgan fingerprint density at radius 1 is 1.24 bits per heavy atom. The Morgan fingerprint density at radius 2 is 1.88 bits per heavy atom. The highest BCUT2D eigenvalue weighted by atomic mass is 35.7. The summed E-state index contributed by atoms with van der Waals surface area (Å²) < 4.78 is 28.0. The summed E-state index contributed by atoms with van der Waals surface area (Å²) in [7, 11) is 2.81. The summed E-state index contributed by atoms with van der Waals surface area (Å²) in [6.07, 6.45) is 0. The Balaban J connectivity index is 2.17. The van der Waals surface area contributed by atoms with Crippen LogP contribution in [0.1, 0.15) is 15.9 Å². The molecule has 1 N–H and O–H groups in total. The number of carbonyl (C=O) groups is 1. The first-order valence-corrected chi connectivity index (χ1v) is 9.17. The first-order valence-electron chi connectivity index (χ1n) is 6.86. The van der Waals surface area contributed by atoms with Crippen LogP contribution in [0.25, 0.3) is 0 Å². The summed E-state index contributed by atoms with van der Waals surface area (Å²) in [6, 6.07) is 9.11. The van der Waals surface area contributed by atoms with Gasteiger partial charge in [0, 0.05) is 40.5 Å². The van der Waals surface area contributed by atoms with Gasteiger partial charge in [-0.3, -0.25) is 14.9 Å². The minimum Gasteiger partial charge on any atom is -0.496 e. The Kier molecular flexibility index (Phi) is 5.60. The third-order valence-corrected chi connectivity index (χ3v) is 4.66. The van der Waals surface area contributed by atoms with E-state index in [0.717, 1.165) is 0 Å². The highest BCUT2D eigenvalue weighted by Gasteiger charge is 2.15. The number of nitrogens with zero attached hydrogens (tertiary/aromatic N) is 1. The lowest BCUT2D eigenvalue weighted by Crippen LogP contribution is -2.23. The van der Waals surface area contributed by atoms with E-state index in [9.17, 15) is 23.3 Å². The maximum Gasteiger partial charge on any atom is 0.269 e. The zero-order valence-electron chi connectivity index (χ0n) is 12.9. The Bertz CT molecular complexity index is 912. The number of nitro benzene ring substituents is 1. The summed E-state index contributed by atoms with van der Waals surface area (Å²) >= 11 is 0. The quantitative estimate of drug-likeness (QED) is 0.464. The minimum atomic E-state index is -3.91. The van der Waals surface area contributed by atoms with Crippen LogP contribution in [0, 0.1) is 10.1 Å². The van der Waals surface area contributed by atoms with Crippen molar-refractivity contribution >= 4 is 31.3 Å². The van der Waals surface area contributed by atoms with Crippen LogP contribution >= 0.6 is 10.7 Å². The Morgan fingerprint density at radius 3 is 2.40 bits per heavy atom. The predicted molar refractivity (Wildman–Crippen MR) is 90.3 cm³/mol. The number of hydrogen-bond donors (Lipinski definition) is 1. The van der Waals surface area contributed by atoms with E-state index in [2.05, 4.69) is 5.32 Å². The molecule has 25 heavy (non-hydrogen) atoms. The minimum absolute atomic E-state index is 0.0146. The standard InChI is InChI=1S/C15H13ClN2O6S/c1-24-14-7-6-13(25(16,22)23)8-11(14)9-17-15(19)10-2-4-12(5-3-10)18(20)21/h2-8H,9H2,1H3,(H,17,19). The van der Waals surface area contributed by atoms with Gasteiger partial charge in [-0.15, -0.1) is 0 Å². The fourth-order valence-electron chi connectivity index (χ4n) is 2.06. The van der Waals surface area contributed by atoms with Gasteiger partial charge in [0.15, 0.2) is 0 Å². The normalized spacial score (nSPS) is 11.0. The second-order valence-corrected chi connectivity index (χ2v) is 7.46. The first kappa shape index (κ1) is 18.7. The fraction of sp³-hybridized carbons (Fsp3) is 0.133. The van der Waals surface area contributed by atoms with Crippen LogP contribution < -0.4 is 10.1 Å². The van der Waals surface area contributed by atoms with Gasteiger partial charge in [0.1, 0.15) is 5.75 Å². The number of hydrogen-bond acceptors (Lipinski definition) is 6. The van der Waals surface area contributed by atoms with Crippen LogP contribution in [0.15, 0.2) is 47.4 Å². The molecule has 0 atom stereocenters. The van der Waals surface area contributed by atoms with E-state index in [0.29, 0.717) is 11.3 Å². The van der Waals surface area contributed by atoms with Crippen molar-refractivity contribution in [1.29, 1.82) is 0 Å². The molecule has 0 aliphatic rings. The van der Waals surface area contributed by atoms with Gasteiger partial charge in [0.2, 0.25) is 0 Å². The maximum atomic E-state index is 12.1. The van der Waals surface area contributed by atoms with Crippen molar-refractivity contribution in [2.24, 2.45) is 0 Å². The SMILES string of the molecule is COc1ccc(S(=O)(=O)Cl)cc1CNC(=O)c1ccc([N+](=O)[O-])cc1. The van der Waals surface area contributed by atoms with E-state index >= 15 is 0 Å². The van der Waals surface area contributed by atoms with Gasteiger partial charge >= 0.3 is 0 Å². The number of ether oxygens (including phenoxy) is 1. The van der Waals surface area contributed by atoms with Gasteiger partial charge in [-0.05, 0) is 30.3 Å². The summed E-state index contributed by atoms with van der Waals surface area (Å²) in [4.78, 5) is 22.0. The molecular weight excluding hydrogens is 372 g/mol. The molecule has 0 saturated heterocycles. The van der Waals surface area contributed by atoms with E-state index in [4.69, 9.17) is 15.4 Å². The summed E-state index contributed by atoms with van der Waals surface area (Å²) in [5, 5.41) is 13.2. The molecule has 2 rings (SSSR count). The largest absolute Gasteiger partial charge is 0.496 e. The number of nitrogens with one attached hydrogen (secondary N) is 1. The molecule has 0 aliphatic heterocycles. The molecule has 0 bridgehead atoms. The number of halogens is 1. The molecule has 0 aliphatic carbocycles. The molecular formula is C15H13ClN2O6S. The molecule has 2 aromatic carbocycles. The first-order chi connectivity index (χ1) is 11.7.